The van der Waals surface area contributed by atoms with Gasteiger partial charge < -0.3 is 10.5 Å². The van der Waals surface area contributed by atoms with E-state index in [0.717, 1.165) is 11.4 Å². The van der Waals surface area contributed by atoms with E-state index in [1.165, 1.54) is 4.90 Å². The van der Waals surface area contributed by atoms with Gasteiger partial charge in [0.25, 0.3) is 0 Å². The maximum atomic E-state index is 5.62. The second kappa shape index (κ2) is 6.42. The van der Waals surface area contributed by atoms with Crippen LogP contribution in [-0.2, 0) is 13.1 Å². The Bertz CT molecular complexity index is 483. The number of nitrogens with zero attached hydrogens (tertiary/aromatic N) is 3. The summed E-state index contributed by atoms with van der Waals surface area (Å²) in [6.07, 6.45) is 3.88. The molecular weight excluding hydrogens is 248 g/mol. The van der Waals surface area contributed by atoms with E-state index in [2.05, 4.69) is 16.6 Å². The van der Waals surface area contributed by atoms with Gasteiger partial charge >= 0.3 is 0 Å². The van der Waals surface area contributed by atoms with Crippen molar-refractivity contribution in [2.75, 3.05) is 12.9 Å². The molecule has 0 bridgehead atoms. The molecule has 0 unspecified atom stereocenters. The first kappa shape index (κ1) is 12.9. The predicted octanol–water partition coefficient (Wildman–Crippen LogP) is 1.54. The molecule has 0 radical (unpaired) electrons. The normalized spacial score (nSPS) is 10.6. The average Bonchev–Trinajstić information content (AvgIpc) is 2.87. The number of rotatable bonds is 6. The van der Waals surface area contributed by atoms with E-state index in [9.17, 15) is 0 Å². The van der Waals surface area contributed by atoms with Crippen LogP contribution in [0.1, 0.15) is 5.69 Å². The van der Waals surface area contributed by atoms with Crippen LogP contribution in [-0.4, -0.2) is 27.9 Å². The van der Waals surface area contributed by atoms with Crippen molar-refractivity contribution in [1.82, 2.24) is 15.0 Å². The highest BCUT2D eigenvalue weighted by Crippen LogP contribution is 2.18. The summed E-state index contributed by atoms with van der Waals surface area (Å²) in [5.41, 5.74) is 6.25. The molecule has 0 atom stereocenters. The molecule has 96 valence electrons. The quantitative estimate of drug-likeness (QED) is 0.802. The molecule has 18 heavy (non-hydrogen) atoms. The lowest BCUT2D eigenvalue weighted by atomic mass is 10.3. The minimum atomic E-state index is 0.414. The van der Waals surface area contributed by atoms with Gasteiger partial charge in [0.15, 0.2) is 0 Å². The van der Waals surface area contributed by atoms with Crippen LogP contribution in [0.3, 0.4) is 0 Å². The van der Waals surface area contributed by atoms with E-state index in [1.807, 2.05) is 30.5 Å². The van der Waals surface area contributed by atoms with E-state index in [4.69, 9.17) is 10.5 Å². The Labute approximate surface area is 110 Å². The zero-order chi connectivity index (χ0) is 12.8. The molecule has 0 aliphatic carbocycles. The van der Waals surface area contributed by atoms with E-state index in [-0.39, 0.29) is 0 Å². The highest BCUT2D eigenvalue weighted by molar-refractivity contribution is 7.98. The van der Waals surface area contributed by atoms with E-state index < -0.39 is 0 Å². The minimum absolute atomic E-state index is 0.414. The van der Waals surface area contributed by atoms with Crippen molar-refractivity contribution in [3.05, 3.63) is 36.2 Å². The van der Waals surface area contributed by atoms with Gasteiger partial charge in [-0.2, -0.15) is 0 Å². The molecule has 2 aromatic rings. The maximum absolute atomic E-state index is 5.62. The fraction of sp³-hybridized carbons (Fsp3) is 0.333. The topological polar surface area (TPSA) is 66.0 Å². The van der Waals surface area contributed by atoms with Crippen LogP contribution in [0, 0.1) is 0 Å². The Morgan fingerprint density at radius 3 is 2.72 bits per heavy atom. The summed E-state index contributed by atoms with van der Waals surface area (Å²) in [6.45, 7) is 1.64. The van der Waals surface area contributed by atoms with Crippen molar-refractivity contribution in [2.45, 2.75) is 18.0 Å². The van der Waals surface area contributed by atoms with Gasteiger partial charge in [0.05, 0.1) is 12.2 Å². The fourth-order valence-corrected chi connectivity index (χ4v) is 1.88. The SMILES string of the molecule is CSc1ccc(OCCn2cc(CN)nn2)cc1. The van der Waals surface area contributed by atoms with Crippen LogP contribution >= 0.6 is 11.8 Å². The highest BCUT2D eigenvalue weighted by atomic mass is 32.2. The zero-order valence-corrected chi connectivity index (χ0v) is 11.1. The molecule has 5 nitrogen and oxygen atoms in total. The average molecular weight is 264 g/mol. The number of nitrogens with two attached hydrogens (primary N) is 1. The summed E-state index contributed by atoms with van der Waals surface area (Å²) in [7, 11) is 0. The second-order valence-corrected chi connectivity index (χ2v) is 4.58. The Morgan fingerprint density at radius 2 is 2.11 bits per heavy atom. The Kier molecular flexibility index (Phi) is 4.60. The van der Waals surface area contributed by atoms with Gasteiger partial charge in [0.2, 0.25) is 0 Å². The highest BCUT2D eigenvalue weighted by Gasteiger charge is 1.99. The first-order chi connectivity index (χ1) is 8.81. The van der Waals surface area contributed by atoms with Crippen molar-refractivity contribution in [3.8, 4) is 5.75 Å². The predicted molar refractivity (Wildman–Crippen MR) is 71.6 cm³/mol. The number of thioether (sulfide) groups is 1. The molecule has 0 fully saturated rings. The number of aromatic nitrogens is 3. The van der Waals surface area contributed by atoms with Gasteiger partial charge in [-0.05, 0) is 30.5 Å². The van der Waals surface area contributed by atoms with Crippen molar-refractivity contribution >= 4 is 11.8 Å². The number of ether oxygens (including phenoxy) is 1. The molecule has 0 amide bonds. The van der Waals surface area contributed by atoms with Crippen LogP contribution < -0.4 is 10.5 Å². The summed E-state index contributed by atoms with van der Waals surface area (Å²) in [5, 5.41) is 7.86. The standard InChI is InChI=1S/C12H16N4OS/c1-18-12-4-2-11(3-5-12)17-7-6-16-9-10(8-13)14-15-16/h2-5,9H,6-8,13H2,1H3. The Balaban J connectivity index is 1.80. The fourth-order valence-electron chi connectivity index (χ4n) is 1.47. The third-order valence-corrected chi connectivity index (χ3v) is 3.19. The van der Waals surface area contributed by atoms with Gasteiger partial charge in [-0.3, -0.25) is 0 Å². The largest absolute Gasteiger partial charge is 0.492 e. The lowest BCUT2D eigenvalue weighted by Crippen LogP contribution is -2.08. The Hall–Kier alpha value is -1.53. The molecule has 1 aromatic carbocycles. The van der Waals surface area contributed by atoms with Crippen molar-refractivity contribution in [3.63, 3.8) is 0 Å². The smallest absolute Gasteiger partial charge is 0.119 e. The molecule has 6 heteroatoms. The lowest BCUT2D eigenvalue weighted by molar-refractivity contribution is 0.289. The lowest BCUT2D eigenvalue weighted by Gasteiger charge is -2.06. The van der Waals surface area contributed by atoms with Gasteiger partial charge in [-0.1, -0.05) is 5.21 Å². The van der Waals surface area contributed by atoms with Gasteiger partial charge in [0, 0.05) is 17.6 Å². The molecule has 0 saturated carbocycles. The molecule has 0 spiro atoms. The molecule has 1 aromatic heterocycles. The molecule has 0 aliphatic rings. The first-order valence-corrected chi connectivity index (χ1v) is 6.90. The zero-order valence-electron chi connectivity index (χ0n) is 10.2. The van der Waals surface area contributed by atoms with Gasteiger partial charge in [0.1, 0.15) is 12.4 Å². The minimum Gasteiger partial charge on any atom is -0.492 e. The molecule has 1 heterocycles. The van der Waals surface area contributed by atoms with Gasteiger partial charge in [-0.15, -0.1) is 16.9 Å². The molecule has 2 rings (SSSR count). The second-order valence-electron chi connectivity index (χ2n) is 3.70. The molecular formula is C12H16N4OS. The first-order valence-electron chi connectivity index (χ1n) is 5.68. The monoisotopic (exact) mass is 264 g/mol. The van der Waals surface area contributed by atoms with Crippen molar-refractivity contribution < 1.29 is 4.74 Å². The number of benzene rings is 1. The maximum Gasteiger partial charge on any atom is 0.119 e. The molecule has 0 saturated heterocycles. The summed E-state index contributed by atoms with van der Waals surface area (Å²) in [4.78, 5) is 1.23. The number of hydrogen-bond acceptors (Lipinski definition) is 5. The third kappa shape index (κ3) is 3.48. The summed E-state index contributed by atoms with van der Waals surface area (Å²) >= 11 is 1.71. The third-order valence-electron chi connectivity index (χ3n) is 2.44. The Morgan fingerprint density at radius 1 is 1.33 bits per heavy atom. The molecule has 0 aliphatic heterocycles. The van der Waals surface area contributed by atoms with Crippen LogP contribution in [0.2, 0.25) is 0 Å². The number of hydrogen-bond donors (Lipinski definition) is 1. The summed E-state index contributed by atoms with van der Waals surface area (Å²) in [5.74, 6) is 0.868. The van der Waals surface area contributed by atoms with E-state index >= 15 is 0 Å². The van der Waals surface area contributed by atoms with E-state index in [0.29, 0.717) is 19.7 Å². The van der Waals surface area contributed by atoms with Crippen LogP contribution in [0.25, 0.3) is 0 Å². The van der Waals surface area contributed by atoms with Crippen molar-refractivity contribution in [1.29, 1.82) is 0 Å². The van der Waals surface area contributed by atoms with Crippen LogP contribution in [0.15, 0.2) is 35.4 Å². The molecule has 2 N–H and O–H groups in total. The van der Waals surface area contributed by atoms with E-state index in [1.54, 1.807) is 16.4 Å². The van der Waals surface area contributed by atoms with Gasteiger partial charge in [-0.25, -0.2) is 4.68 Å². The van der Waals surface area contributed by atoms with Crippen molar-refractivity contribution in [2.24, 2.45) is 5.73 Å². The van der Waals surface area contributed by atoms with Crippen LogP contribution in [0.4, 0.5) is 0 Å². The summed E-state index contributed by atoms with van der Waals surface area (Å²) < 4.78 is 7.36. The summed E-state index contributed by atoms with van der Waals surface area (Å²) in [6, 6.07) is 8.03. The van der Waals surface area contributed by atoms with Crippen LogP contribution in [0.5, 0.6) is 5.75 Å².